The van der Waals surface area contributed by atoms with Gasteiger partial charge < -0.3 is 5.32 Å². The molecule has 2 aromatic rings. The number of aryl methyl sites for hydroxylation is 1. The van der Waals surface area contributed by atoms with E-state index < -0.39 is 0 Å². The summed E-state index contributed by atoms with van der Waals surface area (Å²) in [6.45, 7) is 6.15. The number of fused-ring (bicyclic) bond motifs is 1. The second-order valence-electron chi connectivity index (χ2n) is 3.26. The van der Waals surface area contributed by atoms with Gasteiger partial charge in [0.25, 0.3) is 0 Å². The lowest BCUT2D eigenvalue weighted by Gasteiger charge is -1.96. The molecule has 6 heteroatoms. The normalized spacial score (nSPS) is 11.3. The van der Waals surface area contributed by atoms with Crippen molar-refractivity contribution in [2.75, 3.05) is 13.1 Å². The molecule has 0 amide bonds. The number of nitrogens with zero attached hydrogens (tertiary/aromatic N) is 4. The molecule has 0 radical (unpaired) electrons. The zero-order valence-corrected chi connectivity index (χ0v) is 9.84. The molecular formula is C9H15N5S. The first kappa shape index (κ1) is 10.5. The van der Waals surface area contributed by atoms with Crippen LogP contribution in [-0.2, 0) is 12.8 Å². The summed E-state index contributed by atoms with van der Waals surface area (Å²) < 4.78 is 1.85. The van der Waals surface area contributed by atoms with Gasteiger partial charge in [0.2, 0.25) is 4.96 Å². The van der Waals surface area contributed by atoms with Crippen LogP contribution >= 0.6 is 11.3 Å². The molecule has 0 aromatic carbocycles. The fourth-order valence-corrected chi connectivity index (χ4v) is 2.24. The standard InChI is InChI=1S/C9H15N5S/c1-3-7-11-12-9-14(7)13-8(15-9)5-6-10-4-2/h10H,3-6H2,1-2H3. The van der Waals surface area contributed by atoms with Gasteiger partial charge in [-0.25, -0.2) is 0 Å². The Hall–Kier alpha value is -1.01. The monoisotopic (exact) mass is 225 g/mol. The maximum Gasteiger partial charge on any atom is 0.234 e. The zero-order chi connectivity index (χ0) is 10.7. The van der Waals surface area contributed by atoms with Gasteiger partial charge in [-0.3, -0.25) is 0 Å². The summed E-state index contributed by atoms with van der Waals surface area (Å²) in [6.07, 6.45) is 1.84. The molecule has 0 bridgehead atoms. The Morgan fingerprint density at radius 3 is 2.93 bits per heavy atom. The van der Waals surface area contributed by atoms with Crippen LogP contribution in [0.15, 0.2) is 0 Å². The van der Waals surface area contributed by atoms with Crippen molar-refractivity contribution in [2.45, 2.75) is 26.7 Å². The second kappa shape index (κ2) is 4.67. The third kappa shape index (κ3) is 2.15. The summed E-state index contributed by atoms with van der Waals surface area (Å²) in [4.78, 5) is 0.901. The fraction of sp³-hybridized carbons (Fsp3) is 0.667. The molecule has 2 rings (SSSR count). The van der Waals surface area contributed by atoms with Gasteiger partial charge in [-0.1, -0.05) is 25.2 Å². The maximum absolute atomic E-state index is 4.49. The van der Waals surface area contributed by atoms with E-state index in [0.29, 0.717) is 0 Å². The third-order valence-corrected chi connectivity index (χ3v) is 3.14. The zero-order valence-electron chi connectivity index (χ0n) is 9.03. The molecule has 0 atom stereocenters. The van der Waals surface area contributed by atoms with Crippen molar-refractivity contribution in [3.05, 3.63) is 10.8 Å². The maximum atomic E-state index is 4.49. The number of hydrogen-bond donors (Lipinski definition) is 1. The number of rotatable bonds is 5. The molecule has 0 unspecified atom stereocenters. The van der Waals surface area contributed by atoms with Gasteiger partial charge in [0, 0.05) is 19.4 Å². The summed E-state index contributed by atoms with van der Waals surface area (Å²) in [5.41, 5.74) is 0. The van der Waals surface area contributed by atoms with Crippen LogP contribution in [0, 0.1) is 0 Å². The minimum Gasteiger partial charge on any atom is -0.317 e. The van der Waals surface area contributed by atoms with Crippen LogP contribution in [0.4, 0.5) is 0 Å². The molecule has 0 saturated heterocycles. The van der Waals surface area contributed by atoms with Crippen molar-refractivity contribution in [3.8, 4) is 0 Å². The lowest BCUT2D eigenvalue weighted by atomic mass is 10.4. The number of hydrogen-bond acceptors (Lipinski definition) is 5. The van der Waals surface area contributed by atoms with E-state index in [4.69, 9.17) is 0 Å². The molecule has 0 saturated carbocycles. The molecular weight excluding hydrogens is 210 g/mol. The molecule has 82 valence electrons. The summed E-state index contributed by atoms with van der Waals surface area (Å²) in [5, 5.41) is 17.0. The Labute approximate surface area is 92.5 Å². The molecule has 0 spiro atoms. The first-order valence-electron chi connectivity index (χ1n) is 5.25. The van der Waals surface area contributed by atoms with Crippen LogP contribution in [0.1, 0.15) is 24.7 Å². The Morgan fingerprint density at radius 1 is 1.33 bits per heavy atom. The van der Waals surface area contributed by atoms with Gasteiger partial charge in [-0.05, 0) is 6.54 Å². The Bertz CT molecular complexity index is 433. The highest BCUT2D eigenvalue weighted by Gasteiger charge is 2.09. The van der Waals surface area contributed by atoms with E-state index in [1.807, 2.05) is 4.52 Å². The molecule has 0 aliphatic rings. The minimum absolute atomic E-state index is 0.873. The van der Waals surface area contributed by atoms with E-state index in [1.165, 1.54) is 0 Å². The predicted octanol–water partition coefficient (Wildman–Crippen LogP) is 0.900. The van der Waals surface area contributed by atoms with Gasteiger partial charge >= 0.3 is 0 Å². The van der Waals surface area contributed by atoms with Gasteiger partial charge in [-0.15, -0.1) is 10.2 Å². The molecule has 1 N–H and O–H groups in total. The van der Waals surface area contributed by atoms with E-state index in [2.05, 4.69) is 34.5 Å². The molecule has 2 heterocycles. The van der Waals surface area contributed by atoms with Gasteiger partial charge in [0.05, 0.1) is 0 Å². The summed E-state index contributed by atoms with van der Waals surface area (Å²) >= 11 is 1.62. The van der Waals surface area contributed by atoms with E-state index in [9.17, 15) is 0 Å². The Morgan fingerprint density at radius 2 is 2.20 bits per heavy atom. The van der Waals surface area contributed by atoms with E-state index >= 15 is 0 Å². The second-order valence-corrected chi connectivity index (χ2v) is 4.30. The minimum atomic E-state index is 0.873. The van der Waals surface area contributed by atoms with Crippen molar-refractivity contribution < 1.29 is 0 Å². The summed E-state index contributed by atoms with van der Waals surface area (Å²) in [7, 11) is 0. The Kier molecular flexibility index (Phi) is 3.27. The Balaban J connectivity index is 2.13. The molecule has 5 nitrogen and oxygen atoms in total. The largest absolute Gasteiger partial charge is 0.317 e. The average molecular weight is 225 g/mol. The van der Waals surface area contributed by atoms with Gasteiger partial charge in [-0.2, -0.15) is 9.61 Å². The lowest BCUT2D eigenvalue weighted by Crippen LogP contribution is -2.16. The highest BCUT2D eigenvalue weighted by Crippen LogP contribution is 2.14. The number of likely N-dealkylation sites (N-methyl/N-ethyl adjacent to an activating group) is 1. The molecule has 0 aliphatic carbocycles. The molecule has 15 heavy (non-hydrogen) atoms. The van der Waals surface area contributed by atoms with Crippen LogP contribution < -0.4 is 5.32 Å². The summed E-state index contributed by atoms with van der Waals surface area (Å²) in [6, 6.07) is 0. The van der Waals surface area contributed by atoms with Crippen LogP contribution in [-0.4, -0.2) is 32.9 Å². The van der Waals surface area contributed by atoms with E-state index in [-0.39, 0.29) is 0 Å². The quantitative estimate of drug-likeness (QED) is 0.768. The average Bonchev–Trinajstić information content (AvgIpc) is 2.77. The van der Waals surface area contributed by atoms with Crippen molar-refractivity contribution >= 4 is 16.3 Å². The smallest absolute Gasteiger partial charge is 0.234 e. The first-order chi connectivity index (χ1) is 7.35. The van der Waals surface area contributed by atoms with Crippen molar-refractivity contribution in [3.63, 3.8) is 0 Å². The number of nitrogens with one attached hydrogen (secondary N) is 1. The van der Waals surface area contributed by atoms with Crippen LogP contribution in [0.3, 0.4) is 0 Å². The first-order valence-corrected chi connectivity index (χ1v) is 6.07. The summed E-state index contributed by atoms with van der Waals surface area (Å²) in [5.74, 6) is 0.941. The fourth-order valence-electron chi connectivity index (χ4n) is 1.39. The van der Waals surface area contributed by atoms with Crippen LogP contribution in [0.25, 0.3) is 4.96 Å². The lowest BCUT2D eigenvalue weighted by molar-refractivity contribution is 0.703. The SMILES string of the molecule is CCNCCc1nn2c(CC)nnc2s1. The van der Waals surface area contributed by atoms with Crippen molar-refractivity contribution in [1.82, 2.24) is 25.1 Å². The number of aromatic nitrogens is 4. The van der Waals surface area contributed by atoms with Crippen molar-refractivity contribution in [2.24, 2.45) is 0 Å². The van der Waals surface area contributed by atoms with Crippen LogP contribution in [0.2, 0.25) is 0 Å². The van der Waals surface area contributed by atoms with Gasteiger partial charge in [0.1, 0.15) is 5.01 Å². The van der Waals surface area contributed by atoms with Crippen LogP contribution in [0.5, 0.6) is 0 Å². The van der Waals surface area contributed by atoms with E-state index in [1.54, 1.807) is 11.3 Å². The predicted molar refractivity (Wildman–Crippen MR) is 60.3 cm³/mol. The molecule has 2 aromatic heterocycles. The molecule has 0 fully saturated rings. The third-order valence-electron chi connectivity index (χ3n) is 2.18. The molecule has 0 aliphatic heterocycles. The van der Waals surface area contributed by atoms with E-state index in [0.717, 1.165) is 41.7 Å². The topological polar surface area (TPSA) is 55.1 Å². The van der Waals surface area contributed by atoms with Gasteiger partial charge in [0.15, 0.2) is 5.82 Å². The highest BCUT2D eigenvalue weighted by atomic mass is 32.1. The highest BCUT2D eigenvalue weighted by molar-refractivity contribution is 7.16. The van der Waals surface area contributed by atoms with Crippen molar-refractivity contribution in [1.29, 1.82) is 0 Å².